The minimum absolute atomic E-state index is 0.247. The number of halogens is 1. The average molecular weight is 261 g/mol. The molecule has 100 valence electrons. The van der Waals surface area contributed by atoms with Crippen molar-refractivity contribution in [3.63, 3.8) is 0 Å². The zero-order chi connectivity index (χ0) is 13.0. The van der Waals surface area contributed by atoms with Crippen LogP contribution in [-0.2, 0) is 5.60 Å². The average Bonchev–Trinajstić information content (AvgIpc) is 2.95. The van der Waals surface area contributed by atoms with E-state index in [9.17, 15) is 9.50 Å². The Balaban J connectivity index is 1.79. The smallest absolute Gasteiger partial charge is 0.170 e. The van der Waals surface area contributed by atoms with Crippen LogP contribution in [-0.4, -0.2) is 17.2 Å². The third-order valence-corrected chi connectivity index (χ3v) is 4.46. The second kappa shape index (κ2) is 3.81. The molecule has 3 nitrogen and oxygen atoms in total. The van der Waals surface area contributed by atoms with Gasteiger partial charge in [-0.15, -0.1) is 0 Å². The molecule has 2 atom stereocenters. The Bertz CT molecular complexity index is 624. The second-order valence-electron chi connectivity index (χ2n) is 5.85. The molecule has 0 amide bonds. The summed E-state index contributed by atoms with van der Waals surface area (Å²) in [5.74, 6) is 0.134. The van der Waals surface area contributed by atoms with Crippen LogP contribution in [0.25, 0.3) is 11.0 Å². The maximum absolute atomic E-state index is 13.7. The number of aliphatic hydroxyl groups is 1. The van der Waals surface area contributed by atoms with Gasteiger partial charge < -0.3 is 14.8 Å². The summed E-state index contributed by atoms with van der Waals surface area (Å²) in [4.78, 5) is 0. The van der Waals surface area contributed by atoms with Gasteiger partial charge in [0.15, 0.2) is 11.4 Å². The summed E-state index contributed by atoms with van der Waals surface area (Å²) in [5, 5.41) is 15.1. The van der Waals surface area contributed by atoms with Gasteiger partial charge in [0, 0.05) is 17.5 Å². The first-order valence-electron chi connectivity index (χ1n) is 6.81. The standard InChI is InChI=1S/C15H16FNO2/c16-12-3-1-2-9-6-13(19-14(9)12)15(18)7-10-4-5-11(8-15)17-10/h1-3,6,10-11,17-18H,4-5,7-8H2. The molecule has 2 saturated heterocycles. The molecular formula is C15H16FNO2. The molecular weight excluding hydrogens is 245 g/mol. The zero-order valence-corrected chi connectivity index (χ0v) is 10.5. The van der Waals surface area contributed by atoms with Crippen LogP contribution < -0.4 is 5.32 Å². The number of nitrogens with one attached hydrogen (secondary N) is 1. The van der Waals surface area contributed by atoms with Crippen molar-refractivity contribution in [3.05, 3.63) is 35.8 Å². The number of fused-ring (bicyclic) bond motifs is 3. The highest BCUT2D eigenvalue weighted by Gasteiger charge is 2.45. The van der Waals surface area contributed by atoms with E-state index in [2.05, 4.69) is 5.32 Å². The molecule has 2 aliphatic rings. The van der Waals surface area contributed by atoms with Crippen LogP contribution in [0, 0.1) is 5.82 Å². The molecule has 0 spiro atoms. The Kier molecular flexibility index (Phi) is 2.29. The van der Waals surface area contributed by atoms with E-state index in [0.29, 0.717) is 36.1 Å². The molecule has 2 unspecified atom stereocenters. The maximum Gasteiger partial charge on any atom is 0.170 e. The van der Waals surface area contributed by atoms with E-state index in [1.54, 1.807) is 12.1 Å². The van der Waals surface area contributed by atoms with Crippen molar-refractivity contribution in [1.29, 1.82) is 0 Å². The lowest BCUT2D eigenvalue weighted by Crippen LogP contribution is -2.46. The molecule has 4 rings (SSSR count). The molecule has 2 aromatic rings. The quantitative estimate of drug-likeness (QED) is 0.829. The van der Waals surface area contributed by atoms with Crippen molar-refractivity contribution >= 4 is 11.0 Å². The Hall–Kier alpha value is -1.39. The van der Waals surface area contributed by atoms with Crippen LogP contribution in [0.3, 0.4) is 0 Å². The van der Waals surface area contributed by atoms with E-state index in [4.69, 9.17) is 4.42 Å². The SMILES string of the molecule is OC1(c2cc3cccc(F)c3o2)CC2CCC(C1)N2. The summed E-state index contributed by atoms with van der Waals surface area (Å²) < 4.78 is 19.3. The summed E-state index contributed by atoms with van der Waals surface area (Å²) >= 11 is 0. The van der Waals surface area contributed by atoms with Crippen LogP contribution in [0.1, 0.15) is 31.4 Å². The summed E-state index contributed by atoms with van der Waals surface area (Å²) in [6, 6.07) is 7.33. The molecule has 2 fully saturated rings. The van der Waals surface area contributed by atoms with Gasteiger partial charge in [-0.25, -0.2) is 4.39 Å². The molecule has 1 aromatic heterocycles. The number of furan rings is 1. The normalized spacial score (nSPS) is 34.0. The third-order valence-electron chi connectivity index (χ3n) is 4.46. The summed E-state index contributed by atoms with van der Waals surface area (Å²) in [6.45, 7) is 0. The monoisotopic (exact) mass is 261 g/mol. The predicted molar refractivity (Wildman–Crippen MR) is 69.2 cm³/mol. The van der Waals surface area contributed by atoms with E-state index in [1.165, 1.54) is 6.07 Å². The van der Waals surface area contributed by atoms with Crippen LogP contribution in [0.2, 0.25) is 0 Å². The molecule has 2 N–H and O–H groups in total. The van der Waals surface area contributed by atoms with Gasteiger partial charge in [-0.2, -0.15) is 0 Å². The first kappa shape index (κ1) is 11.4. The first-order chi connectivity index (χ1) is 9.14. The lowest BCUT2D eigenvalue weighted by Gasteiger charge is -2.35. The van der Waals surface area contributed by atoms with Gasteiger partial charge >= 0.3 is 0 Å². The molecule has 0 aliphatic carbocycles. The Morgan fingerprint density at radius 1 is 1.26 bits per heavy atom. The van der Waals surface area contributed by atoms with Gasteiger partial charge in [-0.1, -0.05) is 12.1 Å². The molecule has 2 aliphatic heterocycles. The van der Waals surface area contributed by atoms with E-state index in [-0.39, 0.29) is 11.4 Å². The molecule has 2 bridgehead atoms. The highest BCUT2D eigenvalue weighted by atomic mass is 19.1. The number of para-hydroxylation sites is 1. The van der Waals surface area contributed by atoms with Crippen molar-refractivity contribution < 1.29 is 13.9 Å². The van der Waals surface area contributed by atoms with Crippen molar-refractivity contribution in [3.8, 4) is 0 Å². The predicted octanol–water partition coefficient (Wildman–Crippen LogP) is 2.67. The molecule has 0 saturated carbocycles. The van der Waals surface area contributed by atoms with Gasteiger partial charge in [0.25, 0.3) is 0 Å². The van der Waals surface area contributed by atoms with Crippen LogP contribution in [0.15, 0.2) is 28.7 Å². The largest absolute Gasteiger partial charge is 0.455 e. The fraction of sp³-hybridized carbons (Fsp3) is 0.467. The topological polar surface area (TPSA) is 45.4 Å². The number of piperidine rings is 1. The molecule has 4 heteroatoms. The highest BCUT2D eigenvalue weighted by molar-refractivity contribution is 5.78. The van der Waals surface area contributed by atoms with E-state index in [1.807, 2.05) is 6.07 Å². The Morgan fingerprint density at radius 3 is 2.68 bits per heavy atom. The van der Waals surface area contributed by atoms with Gasteiger partial charge in [0.1, 0.15) is 11.4 Å². The maximum atomic E-state index is 13.7. The molecule has 19 heavy (non-hydrogen) atoms. The zero-order valence-electron chi connectivity index (χ0n) is 10.5. The van der Waals surface area contributed by atoms with Crippen molar-refractivity contribution in [2.45, 2.75) is 43.4 Å². The molecule has 0 radical (unpaired) electrons. The first-order valence-corrected chi connectivity index (χ1v) is 6.81. The van der Waals surface area contributed by atoms with E-state index < -0.39 is 5.60 Å². The summed E-state index contributed by atoms with van der Waals surface area (Å²) in [6.07, 6.45) is 3.49. The third kappa shape index (κ3) is 1.70. The van der Waals surface area contributed by atoms with Gasteiger partial charge in [0.05, 0.1) is 0 Å². The van der Waals surface area contributed by atoms with E-state index in [0.717, 1.165) is 12.8 Å². The molecule has 3 heterocycles. The fourth-order valence-electron chi connectivity index (χ4n) is 3.58. The van der Waals surface area contributed by atoms with Gasteiger partial charge in [-0.3, -0.25) is 0 Å². The lowest BCUT2D eigenvalue weighted by atomic mass is 9.85. The van der Waals surface area contributed by atoms with Crippen LogP contribution >= 0.6 is 0 Å². The highest BCUT2D eigenvalue weighted by Crippen LogP contribution is 2.42. The number of benzene rings is 1. The molecule has 1 aromatic carbocycles. The summed E-state index contributed by atoms with van der Waals surface area (Å²) in [7, 11) is 0. The van der Waals surface area contributed by atoms with E-state index >= 15 is 0 Å². The lowest BCUT2D eigenvalue weighted by molar-refractivity contribution is -0.0286. The Morgan fingerprint density at radius 2 is 2.00 bits per heavy atom. The van der Waals surface area contributed by atoms with Crippen molar-refractivity contribution in [2.24, 2.45) is 0 Å². The second-order valence-corrected chi connectivity index (χ2v) is 5.85. The number of hydrogen-bond acceptors (Lipinski definition) is 3. The minimum atomic E-state index is -0.956. The van der Waals surface area contributed by atoms with Crippen molar-refractivity contribution in [2.75, 3.05) is 0 Å². The minimum Gasteiger partial charge on any atom is -0.455 e. The van der Waals surface area contributed by atoms with Crippen LogP contribution in [0.5, 0.6) is 0 Å². The number of rotatable bonds is 1. The van der Waals surface area contributed by atoms with Gasteiger partial charge in [0.2, 0.25) is 0 Å². The fourth-order valence-corrected chi connectivity index (χ4v) is 3.58. The summed E-state index contributed by atoms with van der Waals surface area (Å²) in [5.41, 5.74) is -0.709. The van der Waals surface area contributed by atoms with Gasteiger partial charge in [-0.05, 0) is 37.8 Å². The Labute approximate surface area is 110 Å². The van der Waals surface area contributed by atoms with Crippen LogP contribution in [0.4, 0.5) is 4.39 Å². The van der Waals surface area contributed by atoms with Crippen molar-refractivity contribution in [1.82, 2.24) is 5.32 Å². The number of hydrogen-bond donors (Lipinski definition) is 2.